The molecule has 2 N–H and O–H groups in total. The molecule has 1 saturated carbocycles. The summed E-state index contributed by atoms with van der Waals surface area (Å²) in [4.78, 5) is 23.7. The zero-order valence-corrected chi connectivity index (χ0v) is 18.0. The summed E-state index contributed by atoms with van der Waals surface area (Å²) in [6, 6.07) is 8.26. The van der Waals surface area contributed by atoms with Crippen molar-refractivity contribution in [2.75, 3.05) is 33.4 Å². The first-order valence-corrected chi connectivity index (χ1v) is 10.7. The van der Waals surface area contributed by atoms with E-state index in [1.165, 1.54) is 0 Å². The number of likely N-dealkylation sites (tertiary alicyclic amines) is 1. The zero-order valence-electron chi connectivity index (χ0n) is 18.0. The van der Waals surface area contributed by atoms with E-state index >= 15 is 0 Å². The number of benzene rings is 1. The summed E-state index contributed by atoms with van der Waals surface area (Å²) in [7, 11) is 1.75. The Kier molecular flexibility index (Phi) is 7.66. The fraction of sp³-hybridized carbons (Fsp3) is 0.636. The van der Waals surface area contributed by atoms with Gasteiger partial charge in [0.05, 0.1) is 12.6 Å². The molecule has 0 radical (unpaired) electrons. The SMILES string of the molecule is COCCN1CCC2(CC1)CC(NC(=O)C1CC1)c1ccccc1O2.O=C(O)C(F)(F)F. The van der Waals surface area contributed by atoms with Crippen molar-refractivity contribution >= 4 is 11.9 Å². The molecule has 1 aromatic carbocycles. The summed E-state index contributed by atoms with van der Waals surface area (Å²) in [6.07, 6.45) is -0.130. The Hall–Kier alpha value is -2.33. The number of carboxylic acids is 1. The summed E-state index contributed by atoms with van der Waals surface area (Å²) in [5, 5.41) is 10.4. The summed E-state index contributed by atoms with van der Waals surface area (Å²) >= 11 is 0. The molecule has 2 aliphatic heterocycles. The van der Waals surface area contributed by atoms with E-state index in [0.717, 1.165) is 69.7 Å². The number of hydrogen-bond donors (Lipinski definition) is 2. The molecular weight excluding hydrogens is 429 g/mol. The molecular formula is C22H29F3N2O5. The molecule has 0 aromatic heterocycles. The van der Waals surface area contributed by atoms with Gasteiger partial charge in [0.15, 0.2) is 0 Å². The molecule has 1 unspecified atom stereocenters. The maximum Gasteiger partial charge on any atom is 0.490 e. The second-order valence-corrected chi connectivity index (χ2v) is 8.50. The number of piperidine rings is 1. The van der Waals surface area contributed by atoms with Crippen molar-refractivity contribution in [1.82, 2.24) is 10.2 Å². The van der Waals surface area contributed by atoms with Crippen molar-refractivity contribution in [2.45, 2.75) is 49.9 Å². The van der Waals surface area contributed by atoms with Crippen molar-refractivity contribution in [3.8, 4) is 5.75 Å². The molecule has 1 aliphatic carbocycles. The van der Waals surface area contributed by atoms with Gasteiger partial charge in [0.1, 0.15) is 11.4 Å². The largest absolute Gasteiger partial charge is 0.490 e. The number of hydrogen-bond acceptors (Lipinski definition) is 5. The van der Waals surface area contributed by atoms with Gasteiger partial charge in [-0.05, 0) is 31.7 Å². The monoisotopic (exact) mass is 458 g/mol. The highest BCUT2D eigenvalue weighted by atomic mass is 19.4. The third-order valence-corrected chi connectivity index (χ3v) is 6.08. The Morgan fingerprint density at radius 2 is 1.88 bits per heavy atom. The first-order valence-electron chi connectivity index (χ1n) is 10.7. The number of alkyl halides is 3. The molecule has 1 aromatic rings. The number of amides is 1. The smallest absolute Gasteiger partial charge is 0.487 e. The number of ether oxygens (including phenoxy) is 2. The lowest BCUT2D eigenvalue weighted by molar-refractivity contribution is -0.192. The average Bonchev–Trinajstić information content (AvgIpc) is 3.59. The maximum atomic E-state index is 12.4. The van der Waals surface area contributed by atoms with Crippen LogP contribution in [0.4, 0.5) is 13.2 Å². The Morgan fingerprint density at radius 3 is 2.44 bits per heavy atom. The highest BCUT2D eigenvalue weighted by molar-refractivity contribution is 5.81. The number of nitrogens with zero attached hydrogens (tertiary/aromatic N) is 1. The van der Waals surface area contributed by atoms with Crippen LogP contribution in [-0.2, 0) is 14.3 Å². The second kappa shape index (κ2) is 10.1. The first-order chi connectivity index (χ1) is 15.1. The fourth-order valence-electron chi connectivity index (χ4n) is 4.09. The Labute approximate surface area is 184 Å². The van der Waals surface area contributed by atoms with Gasteiger partial charge >= 0.3 is 12.1 Å². The number of rotatable bonds is 5. The lowest BCUT2D eigenvalue weighted by Crippen LogP contribution is -2.52. The third kappa shape index (κ3) is 6.35. The van der Waals surface area contributed by atoms with E-state index < -0.39 is 12.1 Å². The minimum atomic E-state index is -5.08. The topological polar surface area (TPSA) is 88.1 Å². The number of methoxy groups -OCH3 is 1. The number of aliphatic carboxylic acids is 1. The lowest BCUT2D eigenvalue weighted by Gasteiger charge is -2.47. The van der Waals surface area contributed by atoms with Crippen LogP contribution >= 0.6 is 0 Å². The van der Waals surface area contributed by atoms with Gasteiger partial charge in [0, 0.05) is 44.6 Å². The van der Waals surface area contributed by atoms with Crippen LogP contribution in [0.2, 0.25) is 0 Å². The maximum absolute atomic E-state index is 12.4. The van der Waals surface area contributed by atoms with Crippen LogP contribution in [-0.4, -0.2) is 67.0 Å². The van der Waals surface area contributed by atoms with E-state index in [1.807, 2.05) is 18.2 Å². The molecule has 32 heavy (non-hydrogen) atoms. The van der Waals surface area contributed by atoms with E-state index in [2.05, 4.69) is 16.3 Å². The number of carbonyl (C=O) groups excluding carboxylic acids is 1. The average molecular weight is 458 g/mol. The molecule has 2 fully saturated rings. The predicted molar refractivity (Wildman–Crippen MR) is 109 cm³/mol. The normalized spacial score (nSPS) is 22.2. The van der Waals surface area contributed by atoms with Crippen molar-refractivity contribution in [2.24, 2.45) is 5.92 Å². The number of fused-ring (bicyclic) bond motifs is 1. The molecule has 1 saturated heterocycles. The summed E-state index contributed by atoms with van der Waals surface area (Å²) in [5.74, 6) is -1.36. The zero-order chi connectivity index (χ0) is 23.4. The quantitative estimate of drug-likeness (QED) is 0.705. The number of carbonyl (C=O) groups is 2. The van der Waals surface area contributed by atoms with Crippen LogP contribution in [0.3, 0.4) is 0 Å². The van der Waals surface area contributed by atoms with E-state index in [0.29, 0.717) is 0 Å². The highest BCUT2D eigenvalue weighted by Gasteiger charge is 2.44. The molecule has 2 heterocycles. The van der Waals surface area contributed by atoms with Crippen molar-refractivity contribution in [3.63, 3.8) is 0 Å². The van der Waals surface area contributed by atoms with Crippen LogP contribution in [0, 0.1) is 5.92 Å². The van der Waals surface area contributed by atoms with Gasteiger partial charge in [-0.25, -0.2) is 4.79 Å². The summed E-state index contributed by atoms with van der Waals surface area (Å²) < 4.78 is 43.4. The molecule has 1 amide bonds. The van der Waals surface area contributed by atoms with E-state index in [-0.39, 0.29) is 23.5 Å². The summed E-state index contributed by atoms with van der Waals surface area (Å²) in [6.45, 7) is 3.80. The minimum absolute atomic E-state index is 0.0728. The molecule has 7 nitrogen and oxygen atoms in total. The molecule has 3 aliphatic rings. The first kappa shape index (κ1) is 24.3. The number of nitrogens with one attached hydrogen (secondary N) is 1. The Morgan fingerprint density at radius 1 is 1.25 bits per heavy atom. The van der Waals surface area contributed by atoms with Gasteiger partial charge in [-0.3, -0.25) is 4.79 Å². The van der Waals surface area contributed by atoms with Crippen LogP contribution in [0.5, 0.6) is 5.75 Å². The molecule has 0 bridgehead atoms. The van der Waals surface area contributed by atoms with Crippen LogP contribution in [0.15, 0.2) is 24.3 Å². The van der Waals surface area contributed by atoms with E-state index in [9.17, 15) is 18.0 Å². The van der Waals surface area contributed by atoms with Gasteiger partial charge in [0.2, 0.25) is 5.91 Å². The molecule has 10 heteroatoms. The van der Waals surface area contributed by atoms with Crippen molar-refractivity contribution in [3.05, 3.63) is 29.8 Å². The van der Waals surface area contributed by atoms with Gasteiger partial charge < -0.3 is 24.8 Å². The van der Waals surface area contributed by atoms with E-state index in [4.69, 9.17) is 19.4 Å². The predicted octanol–water partition coefficient (Wildman–Crippen LogP) is 3.15. The van der Waals surface area contributed by atoms with Crippen molar-refractivity contribution < 1.29 is 37.3 Å². The third-order valence-electron chi connectivity index (χ3n) is 6.08. The van der Waals surface area contributed by atoms with Crippen LogP contribution in [0.25, 0.3) is 0 Å². The van der Waals surface area contributed by atoms with Crippen LogP contribution < -0.4 is 10.1 Å². The van der Waals surface area contributed by atoms with Gasteiger partial charge in [-0.1, -0.05) is 18.2 Å². The fourth-order valence-corrected chi connectivity index (χ4v) is 4.09. The highest BCUT2D eigenvalue weighted by Crippen LogP contribution is 2.44. The minimum Gasteiger partial charge on any atom is -0.487 e. The van der Waals surface area contributed by atoms with Gasteiger partial charge in [0.25, 0.3) is 0 Å². The Balaban J connectivity index is 0.000000360. The Bertz CT molecular complexity index is 805. The standard InChI is InChI=1S/C20H28N2O3.C2HF3O2/c1-24-13-12-22-10-8-20(9-11-22)14-17(21-19(23)15-6-7-15)16-4-2-3-5-18(16)25-20;3-2(4,5)1(6)7/h2-5,15,17H,6-14H2,1H3,(H,21,23);(H,6,7). The number of carboxylic acid groups (broad SMARTS) is 1. The van der Waals surface area contributed by atoms with E-state index in [1.54, 1.807) is 7.11 Å². The molecule has 178 valence electrons. The summed E-state index contributed by atoms with van der Waals surface area (Å²) in [5.41, 5.74) is 0.975. The molecule has 1 atom stereocenters. The second-order valence-electron chi connectivity index (χ2n) is 8.50. The van der Waals surface area contributed by atoms with Crippen LogP contribution in [0.1, 0.15) is 43.7 Å². The van der Waals surface area contributed by atoms with Gasteiger partial charge in [-0.2, -0.15) is 13.2 Å². The van der Waals surface area contributed by atoms with Crippen molar-refractivity contribution in [1.29, 1.82) is 0 Å². The molecule has 1 spiro atoms. The lowest BCUT2D eigenvalue weighted by atomic mass is 9.80. The van der Waals surface area contributed by atoms with Gasteiger partial charge in [-0.15, -0.1) is 0 Å². The number of halogens is 3. The number of para-hydroxylation sites is 1. The molecule has 4 rings (SSSR count).